The molecule has 1 heterocycles. The molecule has 0 spiro atoms. The zero-order valence-electron chi connectivity index (χ0n) is 11.1. The maximum atomic E-state index is 5.77. The Balaban J connectivity index is 1.72. The van der Waals surface area contributed by atoms with Crippen molar-refractivity contribution in [2.45, 2.75) is 15.8 Å². The van der Waals surface area contributed by atoms with Crippen molar-refractivity contribution in [2.75, 3.05) is 12.0 Å². The van der Waals surface area contributed by atoms with Gasteiger partial charge in [0.25, 0.3) is 0 Å². The van der Waals surface area contributed by atoms with Crippen LogP contribution < -0.4 is 5.73 Å². The molecule has 3 aromatic rings. The number of nitrogens with one attached hydrogen (secondary N) is 1. The second kappa shape index (κ2) is 5.81. The first kappa shape index (κ1) is 13.4. The van der Waals surface area contributed by atoms with E-state index in [0.717, 1.165) is 27.6 Å². The van der Waals surface area contributed by atoms with E-state index >= 15 is 0 Å². The molecule has 3 rings (SSSR count). The summed E-state index contributed by atoms with van der Waals surface area (Å²) in [7, 11) is 0. The van der Waals surface area contributed by atoms with Crippen LogP contribution in [0.4, 0.5) is 5.69 Å². The molecule has 1 aromatic heterocycles. The fourth-order valence-corrected chi connectivity index (χ4v) is 3.19. The third kappa shape index (κ3) is 2.94. The van der Waals surface area contributed by atoms with E-state index in [0.29, 0.717) is 0 Å². The highest BCUT2D eigenvalue weighted by atomic mass is 32.2. The van der Waals surface area contributed by atoms with E-state index in [4.69, 9.17) is 5.73 Å². The fraction of sp³-hybridized carbons (Fsp3) is 0.133. The molecule has 0 aliphatic rings. The molecular weight excluding hydrogens is 286 g/mol. The van der Waals surface area contributed by atoms with Crippen LogP contribution in [0.3, 0.4) is 0 Å². The lowest BCUT2D eigenvalue weighted by atomic mass is 10.2. The van der Waals surface area contributed by atoms with E-state index in [1.54, 1.807) is 23.5 Å². The lowest BCUT2D eigenvalue weighted by molar-refractivity contribution is 1.08. The number of nitrogens with zero attached hydrogens (tertiary/aromatic N) is 1. The van der Waals surface area contributed by atoms with Gasteiger partial charge in [0.2, 0.25) is 0 Å². The zero-order chi connectivity index (χ0) is 13.9. The van der Waals surface area contributed by atoms with Crippen molar-refractivity contribution in [3.05, 3.63) is 48.0 Å². The minimum absolute atomic E-state index is 0.755. The number of nitrogens with two attached hydrogens (primary N) is 1. The highest BCUT2D eigenvalue weighted by molar-refractivity contribution is 7.98. The van der Waals surface area contributed by atoms with Crippen molar-refractivity contribution in [3.63, 3.8) is 0 Å². The van der Waals surface area contributed by atoms with E-state index in [9.17, 15) is 0 Å². The van der Waals surface area contributed by atoms with Gasteiger partial charge in [0.1, 0.15) is 0 Å². The van der Waals surface area contributed by atoms with Crippen molar-refractivity contribution < 1.29 is 0 Å². The monoisotopic (exact) mass is 301 g/mol. The summed E-state index contributed by atoms with van der Waals surface area (Å²) in [5, 5.41) is 0.930. The molecule has 20 heavy (non-hydrogen) atoms. The van der Waals surface area contributed by atoms with Gasteiger partial charge in [-0.25, -0.2) is 4.98 Å². The van der Waals surface area contributed by atoms with Crippen molar-refractivity contribution in [1.82, 2.24) is 9.97 Å². The molecule has 0 fully saturated rings. The van der Waals surface area contributed by atoms with Crippen LogP contribution in [-0.2, 0) is 5.75 Å². The van der Waals surface area contributed by atoms with Gasteiger partial charge in [-0.15, -0.1) is 11.8 Å². The molecule has 2 aromatic carbocycles. The van der Waals surface area contributed by atoms with Crippen molar-refractivity contribution in [1.29, 1.82) is 0 Å². The van der Waals surface area contributed by atoms with E-state index in [-0.39, 0.29) is 0 Å². The molecule has 0 unspecified atom stereocenters. The van der Waals surface area contributed by atoms with Crippen LogP contribution in [0, 0.1) is 0 Å². The first-order valence-electron chi connectivity index (χ1n) is 6.25. The van der Waals surface area contributed by atoms with Gasteiger partial charge in [-0.2, -0.15) is 0 Å². The number of thioether (sulfide) groups is 2. The number of nitrogen functional groups attached to an aromatic ring is 1. The summed E-state index contributed by atoms with van der Waals surface area (Å²) >= 11 is 3.46. The number of hydrogen-bond acceptors (Lipinski definition) is 4. The number of aromatic nitrogens is 2. The summed E-state index contributed by atoms with van der Waals surface area (Å²) in [6.45, 7) is 0. The Labute approximate surface area is 126 Å². The Hall–Kier alpha value is -1.59. The van der Waals surface area contributed by atoms with E-state index in [1.165, 1.54) is 10.5 Å². The van der Waals surface area contributed by atoms with Crippen LogP contribution in [-0.4, -0.2) is 16.2 Å². The third-order valence-electron chi connectivity index (χ3n) is 3.02. The molecule has 0 saturated carbocycles. The van der Waals surface area contributed by atoms with Gasteiger partial charge < -0.3 is 10.7 Å². The number of hydrogen-bond donors (Lipinski definition) is 2. The Bertz CT molecular complexity index is 720. The van der Waals surface area contributed by atoms with E-state index < -0.39 is 0 Å². The van der Waals surface area contributed by atoms with E-state index in [2.05, 4.69) is 40.5 Å². The first-order valence-corrected chi connectivity index (χ1v) is 8.46. The second-order valence-electron chi connectivity index (χ2n) is 4.46. The smallest absolute Gasteiger partial charge is 0.166 e. The highest BCUT2D eigenvalue weighted by Gasteiger charge is 2.04. The Morgan fingerprint density at radius 2 is 1.95 bits per heavy atom. The molecule has 0 atom stereocenters. The molecule has 5 heteroatoms. The normalized spacial score (nSPS) is 11.1. The summed E-state index contributed by atoms with van der Waals surface area (Å²) in [5.74, 6) is 0.907. The number of H-pyrrole nitrogens is 1. The van der Waals surface area contributed by atoms with Crippen LogP contribution in [0.25, 0.3) is 11.0 Å². The third-order valence-corrected chi connectivity index (χ3v) is 4.71. The number of benzene rings is 2. The maximum Gasteiger partial charge on any atom is 0.166 e. The molecular formula is C15H15N3S2. The standard InChI is InChI=1S/C15H15N3S2/c1-19-12-5-2-10(3-6-12)9-20-15-17-13-7-4-11(16)8-14(13)18-15/h2-8H,9,16H2,1H3,(H,17,18). The van der Waals surface area contributed by atoms with Crippen LogP contribution in [0.2, 0.25) is 0 Å². The summed E-state index contributed by atoms with van der Waals surface area (Å²) in [6.07, 6.45) is 2.09. The van der Waals surface area contributed by atoms with Gasteiger partial charge in [0.05, 0.1) is 11.0 Å². The zero-order valence-corrected chi connectivity index (χ0v) is 12.7. The number of aromatic amines is 1. The second-order valence-corrected chi connectivity index (χ2v) is 6.30. The Morgan fingerprint density at radius 3 is 2.70 bits per heavy atom. The van der Waals surface area contributed by atoms with Crippen molar-refractivity contribution in [2.24, 2.45) is 0 Å². The van der Waals surface area contributed by atoms with Gasteiger partial charge >= 0.3 is 0 Å². The number of fused-ring (bicyclic) bond motifs is 1. The van der Waals surface area contributed by atoms with Crippen LogP contribution in [0.15, 0.2) is 52.5 Å². The molecule has 0 amide bonds. The van der Waals surface area contributed by atoms with Gasteiger partial charge in [0.15, 0.2) is 5.16 Å². The summed E-state index contributed by atoms with van der Waals surface area (Å²) in [6, 6.07) is 14.4. The van der Waals surface area contributed by atoms with Crippen LogP contribution in [0.1, 0.15) is 5.56 Å². The molecule has 3 nitrogen and oxygen atoms in total. The van der Waals surface area contributed by atoms with Crippen molar-refractivity contribution >= 4 is 40.2 Å². The summed E-state index contributed by atoms with van der Waals surface area (Å²) in [4.78, 5) is 9.14. The molecule has 3 N–H and O–H groups in total. The molecule has 0 aliphatic carbocycles. The molecule has 0 aliphatic heterocycles. The van der Waals surface area contributed by atoms with Gasteiger partial charge in [-0.3, -0.25) is 0 Å². The largest absolute Gasteiger partial charge is 0.399 e. The average molecular weight is 301 g/mol. The van der Waals surface area contributed by atoms with Crippen molar-refractivity contribution in [3.8, 4) is 0 Å². The van der Waals surface area contributed by atoms with Gasteiger partial charge in [-0.1, -0.05) is 23.9 Å². The van der Waals surface area contributed by atoms with Gasteiger partial charge in [-0.05, 0) is 42.2 Å². The minimum Gasteiger partial charge on any atom is -0.399 e. The predicted molar refractivity (Wildman–Crippen MR) is 88.3 cm³/mol. The maximum absolute atomic E-state index is 5.77. The molecule has 0 saturated heterocycles. The highest BCUT2D eigenvalue weighted by Crippen LogP contribution is 2.25. The fourth-order valence-electron chi connectivity index (χ4n) is 1.95. The number of imidazole rings is 1. The summed E-state index contributed by atoms with van der Waals surface area (Å²) < 4.78 is 0. The number of anilines is 1. The topological polar surface area (TPSA) is 54.7 Å². The Kier molecular flexibility index (Phi) is 3.89. The minimum atomic E-state index is 0.755. The average Bonchev–Trinajstić information content (AvgIpc) is 2.87. The molecule has 102 valence electrons. The molecule has 0 bridgehead atoms. The Morgan fingerprint density at radius 1 is 1.15 bits per heavy atom. The predicted octanol–water partition coefficient (Wildman–Crippen LogP) is 4.16. The van der Waals surface area contributed by atoms with E-state index in [1.807, 2.05) is 18.2 Å². The first-order chi connectivity index (χ1) is 9.74. The SMILES string of the molecule is CSc1ccc(CSc2nc3ccc(N)cc3[nH]2)cc1. The lowest BCUT2D eigenvalue weighted by Crippen LogP contribution is -1.82. The number of rotatable bonds is 4. The quantitative estimate of drug-likeness (QED) is 0.561. The van der Waals surface area contributed by atoms with Crippen LogP contribution >= 0.6 is 23.5 Å². The summed E-state index contributed by atoms with van der Waals surface area (Å²) in [5.41, 5.74) is 9.77. The van der Waals surface area contributed by atoms with Gasteiger partial charge in [0, 0.05) is 16.3 Å². The van der Waals surface area contributed by atoms with Crippen LogP contribution in [0.5, 0.6) is 0 Å². The lowest BCUT2D eigenvalue weighted by Gasteiger charge is -2.00. The molecule has 0 radical (unpaired) electrons.